The molecule has 6 heteroatoms. The molecule has 0 heterocycles. The summed E-state index contributed by atoms with van der Waals surface area (Å²) in [6.07, 6.45) is 0.204. The minimum Gasteiger partial charge on any atom is -0.406 e. The van der Waals surface area contributed by atoms with Crippen LogP contribution in [-0.2, 0) is 0 Å². The third kappa shape index (κ3) is 4.89. The summed E-state index contributed by atoms with van der Waals surface area (Å²) >= 11 is 0. The van der Waals surface area contributed by atoms with Crippen LogP contribution in [0.2, 0.25) is 0 Å². The lowest BCUT2D eigenvalue weighted by Gasteiger charge is -2.09. The van der Waals surface area contributed by atoms with Gasteiger partial charge >= 0.3 is 6.36 Å². The number of ether oxygens (including phenoxy) is 1. The Bertz CT molecular complexity index is 463. The lowest BCUT2D eigenvalue weighted by atomic mass is 10.1. The van der Waals surface area contributed by atoms with E-state index >= 15 is 0 Å². The molecule has 0 amide bonds. The Morgan fingerprint density at radius 3 is 2.78 bits per heavy atom. The molecule has 96 valence electrons. The minimum atomic E-state index is -4.77. The summed E-state index contributed by atoms with van der Waals surface area (Å²) in [7, 11) is 0. The Hall–Kier alpha value is -2.00. The quantitative estimate of drug-likeness (QED) is 0.498. The second-order valence-corrected chi connectivity index (χ2v) is 3.31. The van der Waals surface area contributed by atoms with Crippen molar-refractivity contribution in [3.05, 3.63) is 29.8 Å². The molecular formula is C12H10F3NO2. The van der Waals surface area contributed by atoms with E-state index in [1.165, 1.54) is 12.1 Å². The van der Waals surface area contributed by atoms with Crippen molar-refractivity contribution >= 4 is 5.78 Å². The summed E-state index contributed by atoms with van der Waals surface area (Å²) in [6.45, 7) is 0.171. The molecule has 0 bridgehead atoms. The SMILES string of the molecule is C#CCNCC(=O)c1cccc(OC(F)(F)F)c1. The van der Waals surface area contributed by atoms with Crippen LogP contribution in [0.5, 0.6) is 5.75 Å². The fourth-order valence-electron chi connectivity index (χ4n) is 1.22. The van der Waals surface area contributed by atoms with Crippen molar-refractivity contribution in [1.29, 1.82) is 0 Å². The van der Waals surface area contributed by atoms with Crippen molar-refractivity contribution in [1.82, 2.24) is 5.32 Å². The summed E-state index contributed by atoms with van der Waals surface area (Å²) in [5.41, 5.74) is 0.126. The number of alkyl halides is 3. The highest BCUT2D eigenvalue weighted by atomic mass is 19.4. The van der Waals surface area contributed by atoms with E-state index in [0.717, 1.165) is 12.1 Å². The molecule has 0 fully saturated rings. The molecular weight excluding hydrogens is 247 g/mol. The third-order valence-electron chi connectivity index (χ3n) is 1.90. The van der Waals surface area contributed by atoms with Gasteiger partial charge in [-0.3, -0.25) is 10.1 Å². The van der Waals surface area contributed by atoms with Crippen molar-refractivity contribution < 1.29 is 22.7 Å². The molecule has 0 saturated carbocycles. The molecule has 0 spiro atoms. The average molecular weight is 257 g/mol. The predicted molar refractivity (Wildman–Crippen MR) is 59.2 cm³/mol. The van der Waals surface area contributed by atoms with Crippen LogP contribution in [0.3, 0.4) is 0 Å². The second kappa shape index (κ2) is 6.07. The Morgan fingerprint density at radius 2 is 2.17 bits per heavy atom. The third-order valence-corrected chi connectivity index (χ3v) is 1.90. The Kier molecular flexibility index (Phi) is 4.75. The van der Waals surface area contributed by atoms with Gasteiger partial charge in [0.15, 0.2) is 5.78 Å². The van der Waals surface area contributed by atoms with E-state index in [1.807, 2.05) is 0 Å². The van der Waals surface area contributed by atoms with E-state index in [0.29, 0.717) is 0 Å². The van der Waals surface area contributed by atoms with Gasteiger partial charge in [-0.1, -0.05) is 18.1 Å². The zero-order valence-corrected chi connectivity index (χ0v) is 9.25. The molecule has 1 N–H and O–H groups in total. The largest absolute Gasteiger partial charge is 0.573 e. The van der Waals surface area contributed by atoms with Crippen molar-refractivity contribution in [3.8, 4) is 18.1 Å². The molecule has 0 aliphatic heterocycles. The Labute approximate surface area is 102 Å². The Morgan fingerprint density at radius 1 is 1.44 bits per heavy atom. The number of hydrogen-bond acceptors (Lipinski definition) is 3. The van der Waals surface area contributed by atoms with Crippen LogP contribution in [0.4, 0.5) is 13.2 Å². The van der Waals surface area contributed by atoms with Gasteiger partial charge in [-0.25, -0.2) is 0 Å². The first-order valence-corrected chi connectivity index (χ1v) is 4.95. The van der Waals surface area contributed by atoms with Gasteiger partial charge in [-0.2, -0.15) is 0 Å². The molecule has 0 aromatic heterocycles. The normalized spacial score (nSPS) is 10.8. The lowest BCUT2D eigenvalue weighted by Crippen LogP contribution is -2.23. The van der Waals surface area contributed by atoms with Gasteiger partial charge < -0.3 is 4.74 Å². The van der Waals surface area contributed by atoms with E-state index in [2.05, 4.69) is 16.0 Å². The van der Waals surface area contributed by atoms with Crippen LogP contribution in [0, 0.1) is 12.3 Å². The highest BCUT2D eigenvalue weighted by Gasteiger charge is 2.31. The highest BCUT2D eigenvalue weighted by molar-refractivity contribution is 5.97. The summed E-state index contributed by atoms with van der Waals surface area (Å²) in [4.78, 5) is 11.6. The van der Waals surface area contributed by atoms with Gasteiger partial charge in [-0.05, 0) is 12.1 Å². The number of Topliss-reactive ketones (excluding diaryl/α,β-unsaturated/α-hetero) is 1. The second-order valence-electron chi connectivity index (χ2n) is 3.31. The molecule has 18 heavy (non-hydrogen) atoms. The number of ketones is 1. The van der Waals surface area contributed by atoms with Crippen LogP contribution in [0.1, 0.15) is 10.4 Å². The smallest absolute Gasteiger partial charge is 0.406 e. The topological polar surface area (TPSA) is 38.3 Å². The van der Waals surface area contributed by atoms with E-state index in [1.54, 1.807) is 0 Å². The highest BCUT2D eigenvalue weighted by Crippen LogP contribution is 2.23. The number of halogens is 3. The summed E-state index contributed by atoms with van der Waals surface area (Å²) in [6, 6.07) is 4.88. The summed E-state index contributed by atoms with van der Waals surface area (Å²) in [5.74, 6) is 1.49. The molecule has 0 unspecified atom stereocenters. The first-order valence-electron chi connectivity index (χ1n) is 4.95. The van der Waals surface area contributed by atoms with E-state index in [-0.39, 0.29) is 24.4 Å². The maximum Gasteiger partial charge on any atom is 0.573 e. The van der Waals surface area contributed by atoms with Crippen molar-refractivity contribution in [2.24, 2.45) is 0 Å². The fourth-order valence-corrected chi connectivity index (χ4v) is 1.22. The zero-order chi connectivity index (χ0) is 13.6. The number of carbonyl (C=O) groups excluding carboxylic acids is 1. The Balaban J connectivity index is 2.70. The summed E-state index contributed by atoms with van der Waals surface area (Å²) < 4.78 is 39.7. The number of nitrogens with one attached hydrogen (secondary N) is 1. The monoisotopic (exact) mass is 257 g/mol. The van der Waals surface area contributed by atoms with Gasteiger partial charge in [0.05, 0.1) is 13.1 Å². The van der Waals surface area contributed by atoms with E-state index in [4.69, 9.17) is 6.42 Å². The van der Waals surface area contributed by atoms with Crippen molar-refractivity contribution in [3.63, 3.8) is 0 Å². The number of carbonyl (C=O) groups is 1. The maximum atomic E-state index is 12.0. The van der Waals surface area contributed by atoms with Crippen LogP contribution in [0.15, 0.2) is 24.3 Å². The number of hydrogen-bond donors (Lipinski definition) is 1. The fraction of sp³-hybridized carbons (Fsp3) is 0.250. The molecule has 0 radical (unpaired) electrons. The van der Waals surface area contributed by atoms with Crippen LogP contribution in [-0.4, -0.2) is 25.2 Å². The van der Waals surface area contributed by atoms with Gasteiger partial charge in [0, 0.05) is 5.56 Å². The molecule has 1 rings (SSSR count). The number of benzene rings is 1. The van der Waals surface area contributed by atoms with Gasteiger partial charge in [0.25, 0.3) is 0 Å². The average Bonchev–Trinajstić information content (AvgIpc) is 2.27. The first-order chi connectivity index (χ1) is 8.42. The van der Waals surface area contributed by atoms with Gasteiger partial charge in [0.2, 0.25) is 0 Å². The van der Waals surface area contributed by atoms with Gasteiger partial charge in [-0.15, -0.1) is 19.6 Å². The number of rotatable bonds is 5. The molecule has 0 atom stereocenters. The van der Waals surface area contributed by atoms with Crippen LogP contribution in [0.25, 0.3) is 0 Å². The standard InChI is InChI=1S/C12H10F3NO2/c1-2-6-16-8-11(17)9-4-3-5-10(7-9)18-12(13,14)15/h1,3-5,7,16H,6,8H2. The molecule has 3 nitrogen and oxygen atoms in total. The molecule has 0 aliphatic carbocycles. The predicted octanol–water partition coefficient (Wildman–Crippen LogP) is 1.99. The number of terminal acetylenes is 1. The molecule has 0 saturated heterocycles. The van der Waals surface area contributed by atoms with Crippen LogP contribution < -0.4 is 10.1 Å². The molecule has 1 aromatic carbocycles. The zero-order valence-electron chi connectivity index (χ0n) is 9.25. The summed E-state index contributed by atoms with van der Waals surface area (Å²) in [5, 5.41) is 2.65. The van der Waals surface area contributed by atoms with Crippen molar-refractivity contribution in [2.45, 2.75) is 6.36 Å². The van der Waals surface area contributed by atoms with Crippen molar-refractivity contribution in [2.75, 3.05) is 13.1 Å². The maximum absolute atomic E-state index is 12.0. The minimum absolute atomic E-state index is 0.0420. The molecule has 1 aromatic rings. The molecule has 0 aliphatic rings. The van der Waals surface area contributed by atoms with E-state index < -0.39 is 12.1 Å². The first kappa shape index (κ1) is 14.1. The van der Waals surface area contributed by atoms with Crippen LogP contribution >= 0.6 is 0 Å². The van der Waals surface area contributed by atoms with Gasteiger partial charge in [0.1, 0.15) is 5.75 Å². The lowest BCUT2D eigenvalue weighted by molar-refractivity contribution is -0.274. The van der Waals surface area contributed by atoms with E-state index in [9.17, 15) is 18.0 Å².